The molecule has 3 aromatic rings. The van der Waals surface area contributed by atoms with E-state index in [9.17, 15) is 18.3 Å². The molecule has 2 atom stereocenters. The van der Waals surface area contributed by atoms with E-state index in [0.717, 1.165) is 5.39 Å². The van der Waals surface area contributed by atoms with Crippen molar-refractivity contribution in [3.8, 4) is 0 Å². The van der Waals surface area contributed by atoms with Gasteiger partial charge in [-0.15, -0.1) is 0 Å². The largest absolute Gasteiger partial charge is 0.480 e. The highest BCUT2D eigenvalue weighted by molar-refractivity contribution is 7.89. The Morgan fingerprint density at radius 1 is 1.16 bits per heavy atom. The third-order valence-corrected chi connectivity index (χ3v) is 5.86. The van der Waals surface area contributed by atoms with E-state index in [1.54, 1.807) is 13.0 Å². The van der Waals surface area contributed by atoms with Gasteiger partial charge in [0.25, 0.3) is 0 Å². The second-order valence-corrected chi connectivity index (χ2v) is 7.79. The van der Waals surface area contributed by atoms with Crippen LogP contribution in [0.25, 0.3) is 21.9 Å². The molecule has 0 spiro atoms. The van der Waals surface area contributed by atoms with Gasteiger partial charge in [0.1, 0.15) is 17.2 Å². The molecule has 0 aliphatic rings. The zero-order valence-electron chi connectivity index (χ0n) is 13.9. The molecule has 3 rings (SSSR count). The van der Waals surface area contributed by atoms with Crippen molar-refractivity contribution in [1.29, 1.82) is 0 Å². The number of benzene rings is 2. The van der Waals surface area contributed by atoms with Crippen LogP contribution in [0, 0.1) is 5.92 Å². The van der Waals surface area contributed by atoms with Crippen LogP contribution in [0.1, 0.15) is 20.3 Å². The van der Waals surface area contributed by atoms with Gasteiger partial charge in [0.05, 0.1) is 4.90 Å². The van der Waals surface area contributed by atoms with E-state index in [1.165, 1.54) is 12.1 Å². The first-order valence-electron chi connectivity index (χ1n) is 8.00. The van der Waals surface area contributed by atoms with Crippen molar-refractivity contribution in [1.82, 2.24) is 4.72 Å². The van der Waals surface area contributed by atoms with E-state index in [0.29, 0.717) is 23.0 Å². The van der Waals surface area contributed by atoms with Crippen molar-refractivity contribution in [2.75, 3.05) is 0 Å². The Hall–Kier alpha value is -2.38. The molecular weight excluding hydrogens is 342 g/mol. The number of carboxylic acid groups (broad SMARTS) is 1. The van der Waals surface area contributed by atoms with Crippen molar-refractivity contribution in [2.24, 2.45) is 5.92 Å². The van der Waals surface area contributed by atoms with E-state index in [2.05, 4.69) is 4.72 Å². The summed E-state index contributed by atoms with van der Waals surface area (Å²) in [7, 11) is -3.97. The SMILES string of the molecule is CCC(C)C(NS(=O)(=O)c1ccc2oc3ccccc3c2c1)C(=O)O. The first-order chi connectivity index (χ1) is 11.8. The van der Waals surface area contributed by atoms with E-state index in [1.807, 2.05) is 31.2 Å². The van der Waals surface area contributed by atoms with Crippen LogP contribution < -0.4 is 4.72 Å². The summed E-state index contributed by atoms with van der Waals surface area (Å²) in [5.74, 6) is -1.52. The van der Waals surface area contributed by atoms with Crippen LogP contribution in [0.2, 0.25) is 0 Å². The van der Waals surface area contributed by atoms with Crippen molar-refractivity contribution < 1.29 is 22.7 Å². The monoisotopic (exact) mass is 361 g/mol. The first-order valence-corrected chi connectivity index (χ1v) is 9.48. The molecule has 6 nitrogen and oxygen atoms in total. The van der Waals surface area contributed by atoms with Gasteiger partial charge >= 0.3 is 5.97 Å². The number of hydrogen-bond donors (Lipinski definition) is 2. The maximum absolute atomic E-state index is 12.7. The Balaban J connectivity index is 2.04. The molecule has 0 fully saturated rings. The Labute approximate surface area is 145 Å². The fraction of sp³-hybridized carbons (Fsp3) is 0.278. The molecule has 0 aliphatic heterocycles. The second kappa shape index (κ2) is 6.50. The molecule has 2 aromatic carbocycles. The predicted octanol–water partition coefficient (Wildman–Crippen LogP) is 3.36. The molecule has 1 aromatic heterocycles. The summed E-state index contributed by atoms with van der Waals surface area (Å²) in [6, 6.07) is 10.7. The number of sulfonamides is 1. The van der Waals surface area contributed by atoms with Gasteiger partial charge in [0, 0.05) is 10.8 Å². The minimum absolute atomic E-state index is 0.0149. The number of nitrogens with one attached hydrogen (secondary N) is 1. The van der Waals surface area contributed by atoms with Gasteiger partial charge in [-0.2, -0.15) is 4.72 Å². The minimum Gasteiger partial charge on any atom is -0.480 e. The number of fused-ring (bicyclic) bond motifs is 3. The maximum atomic E-state index is 12.7. The second-order valence-electron chi connectivity index (χ2n) is 6.08. The molecule has 2 unspecified atom stereocenters. The molecule has 0 aliphatic carbocycles. The Morgan fingerprint density at radius 3 is 2.52 bits per heavy atom. The van der Waals surface area contributed by atoms with Gasteiger partial charge in [-0.25, -0.2) is 8.42 Å². The summed E-state index contributed by atoms with van der Waals surface area (Å²) in [6.07, 6.45) is 0.547. The van der Waals surface area contributed by atoms with E-state index in [4.69, 9.17) is 4.42 Å². The van der Waals surface area contributed by atoms with E-state index in [-0.39, 0.29) is 10.8 Å². The van der Waals surface area contributed by atoms with Gasteiger partial charge in [-0.3, -0.25) is 4.79 Å². The lowest BCUT2D eigenvalue weighted by atomic mass is 10.0. The van der Waals surface area contributed by atoms with Crippen LogP contribution in [0.5, 0.6) is 0 Å². The van der Waals surface area contributed by atoms with Crippen LogP contribution in [0.4, 0.5) is 0 Å². The highest BCUT2D eigenvalue weighted by Crippen LogP contribution is 2.30. The maximum Gasteiger partial charge on any atom is 0.322 e. The lowest BCUT2D eigenvalue weighted by Crippen LogP contribution is -2.44. The molecule has 0 bridgehead atoms. The van der Waals surface area contributed by atoms with E-state index < -0.39 is 22.0 Å². The molecule has 0 amide bonds. The highest BCUT2D eigenvalue weighted by Gasteiger charge is 2.29. The molecule has 0 saturated carbocycles. The van der Waals surface area contributed by atoms with Crippen molar-refractivity contribution in [2.45, 2.75) is 31.2 Å². The van der Waals surface area contributed by atoms with Crippen molar-refractivity contribution >= 4 is 37.9 Å². The smallest absolute Gasteiger partial charge is 0.322 e. The summed E-state index contributed by atoms with van der Waals surface area (Å²) in [4.78, 5) is 11.4. The normalized spacial score (nSPS) is 14.6. The molecule has 2 N–H and O–H groups in total. The molecule has 25 heavy (non-hydrogen) atoms. The number of para-hydroxylation sites is 1. The lowest BCUT2D eigenvalue weighted by molar-refractivity contribution is -0.140. The number of aliphatic carboxylic acids is 1. The fourth-order valence-electron chi connectivity index (χ4n) is 2.75. The van der Waals surface area contributed by atoms with Crippen LogP contribution in [0.3, 0.4) is 0 Å². The molecule has 1 heterocycles. The van der Waals surface area contributed by atoms with Crippen LogP contribution in [-0.2, 0) is 14.8 Å². The zero-order chi connectivity index (χ0) is 18.2. The zero-order valence-corrected chi connectivity index (χ0v) is 14.7. The summed E-state index contributed by atoms with van der Waals surface area (Å²) in [5.41, 5.74) is 1.25. The number of rotatable bonds is 6. The van der Waals surface area contributed by atoms with Gasteiger partial charge in [0.2, 0.25) is 10.0 Å². The summed E-state index contributed by atoms with van der Waals surface area (Å²) < 4.78 is 33.3. The quantitative estimate of drug-likeness (QED) is 0.702. The van der Waals surface area contributed by atoms with E-state index >= 15 is 0 Å². The van der Waals surface area contributed by atoms with Gasteiger partial charge in [0.15, 0.2) is 0 Å². The number of carbonyl (C=O) groups is 1. The molecule has 0 saturated heterocycles. The molecule has 132 valence electrons. The number of furan rings is 1. The van der Waals surface area contributed by atoms with Gasteiger partial charge < -0.3 is 9.52 Å². The number of hydrogen-bond acceptors (Lipinski definition) is 4. The third kappa shape index (κ3) is 3.25. The van der Waals surface area contributed by atoms with Crippen LogP contribution in [-0.4, -0.2) is 25.5 Å². The van der Waals surface area contributed by atoms with Crippen molar-refractivity contribution in [3.63, 3.8) is 0 Å². The first kappa shape index (κ1) is 17.4. The van der Waals surface area contributed by atoms with Crippen LogP contribution >= 0.6 is 0 Å². The van der Waals surface area contributed by atoms with Gasteiger partial charge in [-0.05, 0) is 30.2 Å². The average molecular weight is 361 g/mol. The topological polar surface area (TPSA) is 96.6 Å². The Bertz CT molecular complexity index is 1040. The standard InChI is InChI=1S/C18H19NO5S/c1-3-11(2)17(18(20)21)19-25(22,23)12-8-9-16-14(10-12)13-6-4-5-7-15(13)24-16/h4-11,17,19H,3H2,1-2H3,(H,20,21). The molecular formula is C18H19NO5S. The third-order valence-electron chi connectivity index (χ3n) is 4.42. The summed E-state index contributed by atoms with van der Waals surface area (Å²) in [6.45, 7) is 3.52. The Morgan fingerprint density at radius 2 is 1.84 bits per heavy atom. The lowest BCUT2D eigenvalue weighted by Gasteiger charge is -2.20. The highest BCUT2D eigenvalue weighted by atomic mass is 32.2. The Kier molecular flexibility index (Phi) is 4.53. The minimum atomic E-state index is -3.97. The molecule has 7 heteroatoms. The predicted molar refractivity (Wildman–Crippen MR) is 94.9 cm³/mol. The molecule has 0 radical (unpaired) electrons. The fourth-order valence-corrected chi connectivity index (χ4v) is 4.08. The van der Waals surface area contributed by atoms with Crippen molar-refractivity contribution in [3.05, 3.63) is 42.5 Å². The summed E-state index contributed by atoms with van der Waals surface area (Å²) in [5, 5.41) is 10.8. The van der Waals surface area contributed by atoms with Crippen LogP contribution in [0.15, 0.2) is 51.8 Å². The summed E-state index contributed by atoms with van der Waals surface area (Å²) >= 11 is 0. The van der Waals surface area contributed by atoms with Gasteiger partial charge in [-0.1, -0.05) is 38.5 Å². The average Bonchev–Trinajstić information content (AvgIpc) is 2.96. The number of carboxylic acids is 1.